The van der Waals surface area contributed by atoms with E-state index in [0.717, 1.165) is 14.2 Å². The first-order valence-electron chi connectivity index (χ1n) is 10.00. The fraction of sp³-hybridized carbons (Fsp3) is 0.846. The van der Waals surface area contributed by atoms with Gasteiger partial charge in [-0.25, -0.2) is 9.86 Å². The average Bonchev–Trinajstić information content (AvgIpc) is 2.48. The zero-order chi connectivity index (χ0) is 22.7. The van der Waals surface area contributed by atoms with Crippen LogP contribution in [0.3, 0.4) is 0 Å². The monoisotopic (exact) mass is 281 g/mol. The molecule has 19 heavy (non-hydrogen) atoms. The minimum atomic E-state index is -3.71. The van der Waals surface area contributed by atoms with Gasteiger partial charge in [0.15, 0.2) is 0 Å². The highest BCUT2D eigenvalue weighted by Crippen LogP contribution is 2.21. The van der Waals surface area contributed by atoms with Crippen LogP contribution in [0, 0.1) is 5.89 Å². The van der Waals surface area contributed by atoms with E-state index in [-0.39, 0.29) is 4.90 Å². The van der Waals surface area contributed by atoms with E-state index < -0.39 is 49.2 Å². The van der Waals surface area contributed by atoms with E-state index in [1.807, 2.05) is 0 Å². The molecule has 0 radical (unpaired) electrons. The van der Waals surface area contributed by atoms with Crippen molar-refractivity contribution in [2.45, 2.75) is 39.1 Å². The van der Waals surface area contributed by atoms with Gasteiger partial charge in [-0.15, -0.1) is 0 Å². The summed E-state index contributed by atoms with van der Waals surface area (Å²) in [5.41, 5.74) is -1.23. The standard InChI is InChI=1S/C13H24N2O4/c1-13(2,3)19-12(17)15-8-6-10(7-9-15)11(16)14(4)18-5/h10H,6-9H2,1-5H3/i6D2,7D2,8D2,9D2,10D. The number of hydrogen-bond donors (Lipinski definition) is 0. The molecule has 1 fully saturated rings. The quantitative estimate of drug-likeness (QED) is 0.722. The lowest BCUT2D eigenvalue weighted by molar-refractivity contribution is -0.174. The highest BCUT2D eigenvalue weighted by atomic mass is 16.7. The third kappa shape index (κ3) is 4.70. The van der Waals surface area contributed by atoms with Gasteiger partial charge in [0, 0.05) is 38.3 Å². The summed E-state index contributed by atoms with van der Waals surface area (Å²) in [5, 5.41) is 0.304. The van der Waals surface area contributed by atoms with E-state index >= 15 is 0 Å². The molecule has 0 atom stereocenters. The molecule has 0 aromatic heterocycles. The third-order valence-electron chi connectivity index (χ3n) is 1.94. The van der Waals surface area contributed by atoms with Crippen molar-refractivity contribution in [1.82, 2.24) is 9.96 Å². The molecule has 0 aliphatic carbocycles. The Morgan fingerprint density at radius 1 is 1.37 bits per heavy atom. The maximum atomic E-state index is 12.6. The Kier molecular flexibility index (Phi) is 2.27. The molecule has 1 saturated heterocycles. The van der Waals surface area contributed by atoms with Gasteiger partial charge in [0.25, 0.3) is 0 Å². The first-order chi connectivity index (χ1) is 12.1. The minimum Gasteiger partial charge on any atom is -0.444 e. The van der Waals surface area contributed by atoms with Gasteiger partial charge in [0.2, 0.25) is 5.91 Å². The Hall–Kier alpha value is -1.30. The number of ether oxygens (including phenoxy) is 1. The molecular formula is C13H24N2O4. The zero-order valence-electron chi connectivity index (χ0n) is 20.5. The van der Waals surface area contributed by atoms with E-state index in [2.05, 4.69) is 4.84 Å². The summed E-state index contributed by atoms with van der Waals surface area (Å²) in [6.45, 7) is -3.09. The lowest BCUT2D eigenvalue weighted by Crippen LogP contribution is -2.45. The average molecular weight is 281 g/mol. The summed E-state index contributed by atoms with van der Waals surface area (Å²) in [7, 11) is 1.92. The second kappa shape index (κ2) is 6.23. The molecule has 1 aliphatic heterocycles. The number of piperidine rings is 1. The summed E-state index contributed by atoms with van der Waals surface area (Å²) < 4.78 is 78.0. The van der Waals surface area contributed by atoms with E-state index in [0.29, 0.717) is 5.06 Å². The maximum Gasteiger partial charge on any atom is 0.410 e. The molecule has 0 unspecified atom stereocenters. The van der Waals surface area contributed by atoms with Crippen molar-refractivity contribution in [3.05, 3.63) is 0 Å². The van der Waals surface area contributed by atoms with Gasteiger partial charge in [-0.2, -0.15) is 0 Å². The van der Waals surface area contributed by atoms with Crippen molar-refractivity contribution in [3.63, 3.8) is 0 Å². The molecule has 0 saturated carbocycles. The number of nitrogens with zero attached hydrogens (tertiary/aromatic N) is 2. The zero-order valence-corrected chi connectivity index (χ0v) is 11.5. The molecule has 0 aromatic carbocycles. The predicted octanol–water partition coefficient (Wildman–Crippen LogP) is 1.65. The first-order valence-corrected chi connectivity index (χ1v) is 5.50. The smallest absolute Gasteiger partial charge is 0.410 e. The van der Waals surface area contributed by atoms with Crippen LogP contribution in [0.25, 0.3) is 0 Å². The summed E-state index contributed by atoms with van der Waals surface area (Å²) in [4.78, 5) is 29.3. The van der Waals surface area contributed by atoms with Crippen LogP contribution in [0.5, 0.6) is 0 Å². The summed E-state index contributed by atoms with van der Waals surface area (Å²) in [6.07, 6.45) is -9.10. The topological polar surface area (TPSA) is 59.1 Å². The Labute approximate surface area is 127 Å². The lowest BCUT2D eigenvalue weighted by atomic mass is 9.96. The van der Waals surface area contributed by atoms with Gasteiger partial charge in [-0.1, -0.05) is 0 Å². The molecule has 0 bridgehead atoms. The molecular weight excluding hydrogens is 248 g/mol. The lowest BCUT2D eigenvalue weighted by Gasteiger charge is -2.33. The Morgan fingerprint density at radius 2 is 1.89 bits per heavy atom. The molecule has 1 aliphatic rings. The Bertz CT molecular complexity index is 635. The van der Waals surface area contributed by atoms with Crippen molar-refractivity contribution in [3.8, 4) is 0 Å². The van der Waals surface area contributed by atoms with Crippen molar-refractivity contribution in [2.24, 2.45) is 5.89 Å². The number of rotatable bonds is 2. The molecule has 110 valence electrons. The first kappa shape index (κ1) is 6.92. The van der Waals surface area contributed by atoms with Crippen LogP contribution in [-0.4, -0.2) is 54.7 Å². The number of hydroxylamine groups is 2. The second-order valence-corrected chi connectivity index (χ2v) is 4.65. The molecule has 0 N–H and O–H groups in total. The number of carbonyl (C=O) groups excluding carboxylic acids is 2. The van der Waals surface area contributed by atoms with Gasteiger partial charge in [0.1, 0.15) is 5.60 Å². The van der Waals surface area contributed by atoms with E-state index in [1.165, 1.54) is 20.8 Å². The number of likely N-dealkylation sites (tertiary alicyclic amines) is 1. The normalized spacial score (nSPS) is 36.5. The van der Waals surface area contributed by atoms with Crippen LogP contribution >= 0.6 is 0 Å². The summed E-state index contributed by atoms with van der Waals surface area (Å²) in [5.74, 6) is -5.32. The molecule has 0 aromatic rings. The van der Waals surface area contributed by atoms with Crippen molar-refractivity contribution >= 4 is 12.0 Å². The van der Waals surface area contributed by atoms with Crippen molar-refractivity contribution in [2.75, 3.05) is 27.2 Å². The molecule has 2 amide bonds. The fourth-order valence-electron chi connectivity index (χ4n) is 1.03. The number of carbonyl (C=O) groups is 2. The largest absolute Gasteiger partial charge is 0.444 e. The van der Waals surface area contributed by atoms with Crippen molar-refractivity contribution < 1.29 is 31.5 Å². The molecule has 6 heteroatoms. The summed E-state index contributed by atoms with van der Waals surface area (Å²) >= 11 is 0. The van der Waals surface area contributed by atoms with Gasteiger partial charge < -0.3 is 9.64 Å². The van der Waals surface area contributed by atoms with Crippen LogP contribution in [0.1, 0.15) is 45.9 Å². The number of hydrogen-bond acceptors (Lipinski definition) is 4. The Balaban J connectivity index is 3.80. The summed E-state index contributed by atoms with van der Waals surface area (Å²) in [6, 6.07) is 0. The molecule has 1 rings (SSSR count). The van der Waals surface area contributed by atoms with Crippen LogP contribution in [-0.2, 0) is 14.4 Å². The maximum absolute atomic E-state index is 12.6. The predicted molar refractivity (Wildman–Crippen MR) is 70.3 cm³/mol. The van der Waals surface area contributed by atoms with Gasteiger partial charge in [-0.3, -0.25) is 9.63 Å². The van der Waals surface area contributed by atoms with E-state index in [4.69, 9.17) is 17.1 Å². The van der Waals surface area contributed by atoms with Crippen LogP contribution in [0.15, 0.2) is 0 Å². The van der Waals surface area contributed by atoms with Crippen molar-refractivity contribution in [1.29, 1.82) is 0 Å². The highest BCUT2D eigenvalue weighted by molar-refractivity contribution is 5.78. The van der Waals surface area contributed by atoms with Crippen LogP contribution in [0.2, 0.25) is 0 Å². The molecule has 0 spiro atoms. The van der Waals surface area contributed by atoms with E-state index in [1.54, 1.807) is 0 Å². The third-order valence-corrected chi connectivity index (χ3v) is 1.94. The minimum absolute atomic E-state index is 0.304. The number of amides is 2. The molecule has 6 nitrogen and oxygen atoms in total. The highest BCUT2D eigenvalue weighted by Gasteiger charge is 2.31. The molecule has 1 heterocycles. The van der Waals surface area contributed by atoms with Gasteiger partial charge in [0.05, 0.1) is 7.11 Å². The second-order valence-electron chi connectivity index (χ2n) is 4.65. The van der Waals surface area contributed by atoms with Crippen LogP contribution < -0.4 is 0 Å². The SMILES string of the molecule is [2H]C1([2H])N(C(=O)OC(C)(C)C)C([2H])([2H])C([2H])([2H])C([2H])(C(=O)N(C)OC)C1([2H])[2H]. The van der Waals surface area contributed by atoms with Gasteiger partial charge in [-0.05, 0) is 33.5 Å². The van der Waals surface area contributed by atoms with Gasteiger partial charge >= 0.3 is 6.09 Å². The fourth-order valence-corrected chi connectivity index (χ4v) is 1.03. The van der Waals surface area contributed by atoms with Crippen LogP contribution in [0.4, 0.5) is 4.79 Å². The van der Waals surface area contributed by atoms with E-state index in [9.17, 15) is 9.59 Å². The Morgan fingerprint density at radius 3 is 2.32 bits per heavy atom.